The third kappa shape index (κ3) is 1.98. The second kappa shape index (κ2) is 3.74. The van der Waals surface area contributed by atoms with Crippen LogP contribution in [0.15, 0.2) is 35.2 Å². The molecule has 1 aliphatic carbocycles. The first kappa shape index (κ1) is 11.9. The van der Waals surface area contributed by atoms with E-state index in [4.69, 9.17) is 11.6 Å². The topological polar surface area (TPSA) is 34.1 Å². The molecule has 0 heterocycles. The largest absolute Gasteiger partial charge is 0.222 e. The normalized spacial score (nSPS) is 25.1. The van der Waals surface area contributed by atoms with E-state index in [1.165, 1.54) is 0 Å². The molecule has 2 unspecified atom stereocenters. The lowest BCUT2D eigenvalue weighted by atomic mass is 10.1. The van der Waals surface area contributed by atoms with Crippen LogP contribution in [0.2, 0.25) is 0 Å². The highest BCUT2D eigenvalue weighted by Crippen LogP contribution is 2.56. The number of sulfone groups is 1. The molecule has 2 rings (SSSR count). The molecule has 0 spiro atoms. The SMILES string of the molecule is CC1(C)CC1C(Cl)S(=O)(=O)c1ccccc1. The standard InChI is InChI=1S/C12H15ClO2S/c1-12(2)8-10(12)11(13)16(14,15)9-6-4-3-5-7-9/h3-7,10-11H,8H2,1-2H3. The van der Waals surface area contributed by atoms with E-state index in [-0.39, 0.29) is 11.3 Å². The summed E-state index contributed by atoms with van der Waals surface area (Å²) in [5, 5.41) is 0. The average Bonchev–Trinajstić information content (AvgIpc) is 2.88. The maximum atomic E-state index is 12.2. The summed E-state index contributed by atoms with van der Waals surface area (Å²) in [5.41, 5.74) is 0.0638. The van der Waals surface area contributed by atoms with Crippen molar-refractivity contribution in [1.29, 1.82) is 0 Å². The molecule has 0 saturated heterocycles. The van der Waals surface area contributed by atoms with Crippen molar-refractivity contribution in [3.63, 3.8) is 0 Å². The quantitative estimate of drug-likeness (QED) is 0.781. The molecule has 16 heavy (non-hydrogen) atoms. The van der Waals surface area contributed by atoms with Gasteiger partial charge in [0.2, 0.25) is 0 Å². The zero-order chi connectivity index (χ0) is 12.0. The average molecular weight is 259 g/mol. The lowest BCUT2D eigenvalue weighted by Gasteiger charge is -2.12. The van der Waals surface area contributed by atoms with E-state index in [0.29, 0.717) is 4.90 Å². The van der Waals surface area contributed by atoms with Gasteiger partial charge in [-0.25, -0.2) is 8.42 Å². The molecule has 1 aliphatic rings. The number of rotatable bonds is 3. The molecule has 0 N–H and O–H groups in total. The van der Waals surface area contributed by atoms with Crippen LogP contribution in [0.3, 0.4) is 0 Å². The summed E-state index contributed by atoms with van der Waals surface area (Å²) in [6.07, 6.45) is 0.882. The molecule has 0 radical (unpaired) electrons. The Morgan fingerprint density at radius 3 is 2.25 bits per heavy atom. The highest BCUT2D eigenvalue weighted by molar-refractivity contribution is 7.93. The van der Waals surface area contributed by atoms with Gasteiger partial charge in [0.1, 0.15) is 4.71 Å². The number of hydrogen-bond donors (Lipinski definition) is 0. The first-order chi connectivity index (χ1) is 7.36. The Morgan fingerprint density at radius 2 is 1.81 bits per heavy atom. The van der Waals surface area contributed by atoms with E-state index in [2.05, 4.69) is 0 Å². The maximum Gasteiger partial charge on any atom is 0.195 e. The highest BCUT2D eigenvalue weighted by Gasteiger charge is 2.53. The van der Waals surface area contributed by atoms with Gasteiger partial charge in [0.25, 0.3) is 0 Å². The van der Waals surface area contributed by atoms with Crippen molar-refractivity contribution >= 4 is 21.4 Å². The summed E-state index contributed by atoms with van der Waals surface area (Å²) in [5.74, 6) is 0.0689. The number of hydrogen-bond acceptors (Lipinski definition) is 2. The fourth-order valence-corrected chi connectivity index (χ4v) is 4.34. The van der Waals surface area contributed by atoms with Crippen LogP contribution in [0.5, 0.6) is 0 Å². The lowest BCUT2D eigenvalue weighted by Crippen LogP contribution is -2.19. The Balaban J connectivity index is 2.28. The van der Waals surface area contributed by atoms with E-state index in [1.807, 2.05) is 13.8 Å². The van der Waals surface area contributed by atoms with E-state index in [9.17, 15) is 8.42 Å². The Bertz CT molecular complexity index is 479. The predicted octanol–water partition coefficient (Wildman–Crippen LogP) is 3.07. The smallest absolute Gasteiger partial charge is 0.195 e. The van der Waals surface area contributed by atoms with E-state index in [0.717, 1.165) is 6.42 Å². The number of halogens is 1. The minimum absolute atomic E-state index is 0.0638. The van der Waals surface area contributed by atoms with Gasteiger partial charge >= 0.3 is 0 Å². The van der Waals surface area contributed by atoms with Gasteiger partial charge in [-0.05, 0) is 29.9 Å². The van der Waals surface area contributed by atoms with Crippen LogP contribution in [-0.4, -0.2) is 13.1 Å². The van der Waals surface area contributed by atoms with Gasteiger partial charge < -0.3 is 0 Å². The first-order valence-corrected chi connectivity index (χ1v) is 7.27. The fraction of sp³-hybridized carbons (Fsp3) is 0.500. The van der Waals surface area contributed by atoms with Crippen molar-refractivity contribution in [2.75, 3.05) is 0 Å². The van der Waals surface area contributed by atoms with Gasteiger partial charge in [0, 0.05) is 0 Å². The Kier molecular flexibility index (Phi) is 2.79. The van der Waals surface area contributed by atoms with Gasteiger partial charge in [-0.3, -0.25) is 0 Å². The summed E-state index contributed by atoms with van der Waals surface area (Å²) in [6.45, 7) is 4.10. The molecule has 1 fully saturated rings. The van der Waals surface area contributed by atoms with Crippen LogP contribution in [0.1, 0.15) is 20.3 Å². The van der Waals surface area contributed by atoms with Crippen LogP contribution in [0.25, 0.3) is 0 Å². The molecule has 2 nitrogen and oxygen atoms in total. The Labute approximate surface area is 102 Å². The van der Waals surface area contributed by atoms with Crippen molar-refractivity contribution in [3.05, 3.63) is 30.3 Å². The van der Waals surface area contributed by atoms with Crippen molar-refractivity contribution < 1.29 is 8.42 Å². The summed E-state index contributed by atoms with van der Waals surface area (Å²) in [6, 6.07) is 8.42. The van der Waals surface area contributed by atoms with Gasteiger partial charge in [0.15, 0.2) is 9.84 Å². The third-order valence-corrected chi connectivity index (χ3v) is 6.13. The van der Waals surface area contributed by atoms with Crippen LogP contribution >= 0.6 is 11.6 Å². The molecule has 0 aliphatic heterocycles. The van der Waals surface area contributed by atoms with E-state index >= 15 is 0 Å². The molecular weight excluding hydrogens is 244 g/mol. The second-order valence-electron chi connectivity index (χ2n) is 5.01. The van der Waals surface area contributed by atoms with Gasteiger partial charge in [-0.1, -0.05) is 32.0 Å². The maximum absolute atomic E-state index is 12.2. The highest BCUT2D eigenvalue weighted by atomic mass is 35.5. The molecule has 0 bridgehead atoms. The number of alkyl halides is 1. The summed E-state index contributed by atoms with van der Waals surface area (Å²) >= 11 is 6.10. The van der Waals surface area contributed by atoms with Gasteiger partial charge in [-0.15, -0.1) is 11.6 Å². The Hall–Kier alpha value is -0.540. The second-order valence-corrected chi connectivity index (χ2v) is 7.81. The summed E-state index contributed by atoms with van der Waals surface area (Å²) in [4.78, 5) is 0.317. The molecule has 1 aromatic carbocycles. The number of benzene rings is 1. The van der Waals surface area contributed by atoms with Crippen LogP contribution in [-0.2, 0) is 9.84 Å². The Morgan fingerprint density at radius 1 is 1.31 bits per heavy atom. The zero-order valence-corrected chi connectivity index (χ0v) is 10.9. The van der Waals surface area contributed by atoms with Gasteiger partial charge in [-0.2, -0.15) is 0 Å². The van der Waals surface area contributed by atoms with Gasteiger partial charge in [0.05, 0.1) is 4.90 Å². The van der Waals surface area contributed by atoms with E-state index < -0.39 is 14.5 Å². The minimum atomic E-state index is -3.38. The van der Waals surface area contributed by atoms with Crippen molar-refractivity contribution in [3.8, 4) is 0 Å². The first-order valence-electron chi connectivity index (χ1n) is 5.29. The zero-order valence-electron chi connectivity index (χ0n) is 9.35. The van der Waals surface area contributed by atoms with Crippen molar-refractivity contribution in [2.24, 2.45) is 11.3 Å². The minimum Gasteiger partial charge on any atom is -0.222 e. The molecule has 2 atom stereocenters. The monoisotopic (exact) mass is 258 g/mol. The van der Waals surface area contributed by atoms with E-state index in [1.54, 1.807) is 30.3 Å². The van der Waals surface area contributed by atoms with Crippen LogP contribution in [0.4, 0.5) is 0 Å². The molecule has 88 valence electrons. The molecule has 0 aromatic heterocycles. The molecule has 1 saturated carbocycles. The molecule has 0 amide bonds. The lowest BCUT2D eigenvalue weighted by molar-refractivity contribution is 0.549. The van der Waals surface area contributed by atoms with Crippen molar-refractivity contribution in [1.82, 2.24) is 0 Å². The molecule has 4 heteroatoms. The fourth-order valence-electron chi connectivity index (χ4n) is 1.91. The third-order valence-electron chi connectivity index (χ3n) is 3.27. The molecule has 1 aromatic rings. The summed E-state index contributed by atoms with van der Waals surface area (Å²) < 4.78 is 23.5. The summed E-state index contributed by atoms with van der Waals surface area (Å²) in [7, 11) is -3.38. The van der Waals surface area contributed by atoms with Crippen molar-refractivity contribution in [2.45, 2.75) is 29.9 Å². The van der Waals surface area contributed by atoms with Crippen LogP contribution in [0, 0.1) is 11.3 Å². The predicted molar refractivity (Wildman–Crippen MR) is 65.2 cm³/mol. The van der Waals surface area contributed by atoms with Crippen LogP contribution < -0.4 is 0 Å². The molecular formula is C12H15ClO2S.